The van der Waals surface area contributed by atoms with Crippen molar-refractivity contribution in [2.24, 2.45) is 11.7 Å². The molecule has 2 atom stereocenters. The van der Waals surface area contributed by atoms with Gasteiger partial charge in [0.1, 0.15) is 17.5 Å². The van der Waals surface area contributed by atoms with Crippen molar-refractivity contribution in [2.75, 3.05) is 13.7 Å². The highest BCUT2D eigenvalue weighted by molar-refractivity contribution is 6.00. The van der Waals surface area contributed by atoms with Crippen LogP contribution >= 0.6 is 0 Å². The predicted molar refractivity (Wildman–Crippen MR) is 113 cm³/mol. The van der Waals surface area contributed by atoms with Gasteiger partial charge in [-0.05, 0) is 36.8 Å². The SMILES string of the molecule is CCOC(=O)C1=C(N)N(NC(=O)c2ccccc2)C(=O)C(C#N)C1c1ccc(OC)cc1. The summed E-state index contributed by atoms with van der Waals surface area (Å²) in [4.78, 5) is 38.6. The Morgan fingerprint density at radius 3 is 2.38 bits per heavy atom. The average Bonchev–Trinajstić information content (AvgIpc) is 2.82. The Kier molecular flexibility index (Phi) is 6.75. The number of carbonyl (C=O) groups excluding carboxylic acids is 3. The van der Waals surface area contributed by atoms with Gasteiger partial charge in [-0.25, -0.2) is 9.80 Å². The van der Waals surface area contributed by atoms with Gasteiger partial charge in [0.2, 0.25) is 0 Å². The average molecular weight is 434 g/mol. The molecule has 0 spiro atoms. The molecule has 2 aromatic rings. The van der Waals surface area contributed by atoms with Gasteiger partial charge in [-0.3, -0.25) is 15.0 Å². The van der Waals surface area contributed by atoms with Crippen LogP contribution in [0.15, 0.2) is 66.0 Å². The minimum Gasteiger partial charge on any atom is -0.497 e. The Morgan fingerprint density at radius 1 is 1.16 bits per heavy atom. The van der Waals surface area contributed by atoms with E-state index in [-0.39, 0.29) is 23.6 Å². The number of benzene rings is 2. The number of hydrogen-bond acceptors (Lipinski definition) is 7. The third-order valence-corrected chi connectivity index (χ3v) is 5.01. The summed E-state index contributed by atoms with van der Waals surface area (Å²) in [5.74, 6) is -4.21. The van der Waals surface area contributed by atoms with E-state index in [1.807, 2.05) is 6.07 Å². The van der Waals surface area contributed by atoms with Crippen molar-refractivity contribution in [3.05, 3.63) is 77.1 Å². The minimum atomic E-state index is -1.33. The van der Waals surface area contributed by atoms with Gasteiger partial charge >= 0.3 is 5.97 Å². The molecule has 1 aliphatic heterocycles. The highest BCUT2D eigenvalue weighted by Crippen LogP contribution is 2.39. The summed E-state index contributed by atoms with van der Waals surface area (Å²) < 4.78 is 10.3. The summed E-state index contributed by atoms with van der Waals surface area (Å²) >= 11 is 0. The first-order chi connectivity index (χ1) is 15.4. The molecule has 2 unspecified atom stereocenters. The Balaban J connectivity index is 2.09. The fourth-order valence-electron chi connectivity index (χ4n) is 3.46. The van der Waals surface area contributed by atoms with Gasteiger partial charge in [0.25, 0.3) is 11.8 Å². The first-order valence-corrected chi connectivity index (χ1v) is 9.83. The van der Waals surface area contributed by atoms with Crippen molar-refractivity contribution in [2.45, 2.75) is 12.8 Å². The van der Waals surface area contributed by atoms with Crippen LogP contribution in [0.5, 0.6) is 5.75 Å². The molecule has 0 bridgehead atoms. The second-order valence-corrected chi connectivity index (χ2v) is 6.86. The van der Waals surface area contributed by atoms with Gasteiger partial charge < -0.3 is 15.2 Å². The first-order valence-electron chi connectivity index (χ1n) is 9.83. The van der Waals surface area contributed by atoms with Crippen molar-refractivity contribution < 1.29 is 23.9 Å². The molecule has 9 nitrogen and oxygen atoms in total. The molecule has 0 fully saturated rings. The van der Waals surface area contributed by atoms with E-state index in [9.17, 15) is 19.6 Å². The highest BCUT2D eigenvalue weighted by atomic mass is 16.5. The topological polar surface area (TPSA) is 135 Å². The number of amides is 2. The Hall–Kier alpha value is -4.32. The van der Waals surface area contributed by atoms with Crippen LogP contribution in [-0.2, 0) is 14.3 Å². The molecule has 9 heteroatoms. The van der Waals surface area contributed by atoms with Gasteiger partial charge in [0, 0.05) is 11.5 Å². The third-order valence-electron chi connectivity index (χ3n) is 5.01. The first kappa shape index (κ1) is 22.4. The minimum absolute atomic E-state index is 0.0620. The second-order valence-electron chi connectivity index (χ2n) is 6.86. The zero-order chi connectivity index (χ0) is 23.3. The second kappa shape index (κ2) is 9.66. The number of nitrogens with zero attached hydrogens (tertiary/aromatic N) is 2. The van der Waals surface area contributed by atoms with Crippen LogP contribution in [0, 0.1) is 17.2 Å². The van der Waals surface area contributed by atoms with E-state index in [1.165, 1.54) is 7.11 Å². The number of esters is 1. The van der Waals surface area contributed by atoms with Gasteiger partial charge in [0.15, 0.2) is 0 Å². The molecule has 2 amide bonds. The fraction of sp³-hybridized carbons (Fsp3) is 0.217. The number of nitrogens with one attached hydrogen (secondary N) is 1. The molecule has 0 saturated carbocycles. The summed E-state index contributed by atoms with van der Waals surface area (Å²) in [6.07, 6.45) is 0. The lowest BCUT2D eigenvalue weighted by molar-refractivity contribution is -0.141. The highest BCUT2D eigenvalue weighted by Gasteiger charge is 2.46. The Bertz CT molecular complexity index is 1090. The Morgan fingerprint density at radius 2 is 1.81 bits per heavy atom. The summed E-state index contributed by atoms with van der Waals surface area (Å²) in [7, 11) is 1.51. The molecule has 0 aliphatic carbocycles. The maximum Gasteiger partial charge on any atom is 0.338 e. The summed E-state index contributed by atoms with van der Waals surface area (Å²) in [6, 6.07) is 16.7. The van der Waals surface area contributed by atoms with Gasteiger partial charge in [0.05, 0.1) is 25.4 Å². The number of ether oxygens (including phenoxy) is 2. The fourth-order valence-corrected chi connectivity index (χ4v) is 3.46. The summed E-state index contributed by atoms with van der Waals surface area (Å²) in [5, 5.41) is 10.6. The summed E-state index contributed by atoms with van der Waals surface area (Å²) in [5.41, 5.74) is 9.30. The van der Waals surface area contributed by atoms with Crippen LogP contribution in [0.3, 0.4) is 0 Å². The van der Waals surface area contributed by atoms with E-state index in [0.29, 0.717) is 11.3 Å². The van der Waals surface area contributed by atoms with Crippen LogP contribution in [0.4, 0.5) is 0 Å². The maximum atomic E-state index is 13.2. The third kappa shape index (κ3) is 4.25. The van der Waals surface area contributed by atoms with Gasteiger partial charge in [-0.2, -0.15) is 5.26 Å². The normalized spacial score (nSPS) is 18.0. The van der Waals surface area contributed by atoms with Gasteiger partial charge in [-0.1, -0.05) is 30.3 Å². The van der Waals surface area contributed by atoms with E-state index in [2.05, 4.69) is 5.43 Å². The number of methoxy groups -OCH3 is 1. The molecule has 1 heterocycles. The number of nitriles is 1. The molecule has 3 rings (SSSR count). The predicted octanol–water partition coefficient (Wildman–Crippen LogP) is 1.84. The van der Waals surface area contributed by atoms with Crippen molar-refractivity contribution in [3.8, 4) is 11.8 Å². The molecule has 0 saturated heterocycles. The van der Waals surface area contributed by atoms with Crippen LogP contribution in [0.25, 0.3) is 0 Å². The largest absolute Gasteiger partial charge is 0.497 e. The van der Waals surface area contributed by atoms with Crippen LogP contribution in [-0.4, -0.2) is 36.5 Å². The number of rotatable bonds is 6. The smallest absolute Gasteiger partial charge is 0.338 e. The van der Waals surface area contributed by atoms with E-state index >= 15 is 0 Å². The lowest BCUT2D eigenvalue weighted by atomic mass is 9.78. The lowest BCUT2D eigenvalue weighted by Gasteiger charge is -2.36. The number of hydrazine groups is 1. The standard InChI is InChI=1S/C23H22N4O5/c1-3-32-23(30)19-18(14-9-11-16(31-2)12-10-14)17(13-24)22(29)27(20(19)25)26-21(28)15-7-5-4-6-8-15/h4-12,17-18H,3,25H2,1-2H3,(H,26,28). The number of carbonyl (C=O) groups is 3. The monoisotopic (exact) mass is 434 g/mol. The van der Waals surface area contributed by atoms with E-state index in [4.69, 9.17) is 15.2 Å². The van der Waals surface area contributed by atoms with Crippen molar-refractivity contribution in [1.29, 1.82) is 5.26 Å². The van der Waals surface area contributed by atoms with Gasteiger partial charge in [-0.15, -0.1) is 0 Å². The summed E-state index contributed by atoms with van der Waals surface area (Å²) in [6.45, 7) is 1.69. The van der Waals surface area contributed by atoms with E-state index in [1.54, 1.807) is 61.5 Å². The molecule has 32 heavy (non-hydrogen) atoms. The molecule has 3 N–H and O–H groups in total. The van der Waals surface area contributed by atoms with E-state index in [0.717, 1.165) is 5.01 Å². The van der Waals surface area contributed by atoms with Crippen molar-refractivity contribution in [1.82, 2.24) is 10.4 Å². The molecule has 1 aliphatic rings. The number of hydrogen-bond donors (Lipinski definition) is 2. The Labute approximate surface area is 185 Å². The molecule has 0 radical (unpaired) electrons. The maximum absolute atomic E-state index is 13.2. The molecular formula is C23H22N4O5. The zero-order valence-corrected chi connectivity index (χ0v) is 17.6. The van der Waals surface area contributed by atoms with Crippen LogP contribution in [0.1, 0.15) is 28.8 Å². The zero-order valence-electron chi connectivity index (χ0n) is 17.6. The van der Waals surface area contributed by atoms with Crippen LogP contribution < -0.4 is 15.9 Å². The lowest BCUT2D eigenvalue weighted by Crippen LogP contribution is -2.55. The van der Waals surface area contributed by atoms with E-state index < -0.39 is 29.6 Å². The molecule has 164 valence electrons. The van der Waals surface area contributed by atoms with Crippen LogP contribution in [0.2, 0.25) is 0 Å². The molecule has 2 aromatic carbocycles. The van der Waals surface area contributed by atoms with Crippen molar-refractivity contribution >= 4 is 17.8 Å². The molecular weight excluding hydrogens is 412 g/mol. The quantitative estimate of drug-likeness (QED) is 0.662. The molecule has 0 aromatic heterocycles. The van der Waals surface area contributed by atoms with Crippen molar-refractivity contribution in [3.63, 3.8) is 0 Å². The number of nitrogens with two attached hydrogens (primary N) is 1.